The van der Waals surface area contributed by atoms with Crippen molar-refractivity contribution in [3.8, 4) is 12.3 Å². The van der Waals surface area contributed by atoms with Crippen molar-refractivity contribution in [3.05, 3.63) is 70.8 Å². The molecule has 2 aromatic carbocycles. The van der Waals surface area contributed by atoms with Crippen LogP contribution < -0.4 is 26.8 Å². The smallest absolute Gasteiger partial charge is 0.261 e. The Morgan fingerprint density at radius 2 is 1.79 bits per heavy atom. The Bertz CT molecular complexity index is 1500. The molecule has 34 heavy (non-hydrogen) atoms. The zero-order valence-corrected chi connectivity index (χ0v) is 18.7. The molecule has 3 aromatic rings. The average Bonchev–Trinajstić information content (AvgIpc) is 2.79. The summed E-state index contributed by atoms with van der Waals surface area (Å²) in [5, 5.41) is 23.8. The first-order chi connectivity index (χ1) is 16.2. The summed E-state index contributed by atoms with van der Waals surface area (Å²) in [4.78, 5) is 8.79. The molecule has 1 aliphatic rings. The number of hydrogen-bond acceptors (Lipinski definition) is 10. The third kappa shape index (κ3) is 4.01. The predicted molar refractivity (Wildman–Crippen MR) is 128 cm³/mol. The molecule has 12 heteroatoms. The minimum Gasteiger partial charge on any atom is -0.397 e. The second-order valence-electron chi connectivity index (χ2n) is 7.41. The molecule has 170 valence electrons. The second-order valence-corrected chi connectivity index (χ2v) is 9.09. The molecule has 0 radical (unpaired) electrons. The number of aromatic nitrogens is 1. The van der Waals surface area contributed by atoms with E-state index in [0.29, 0.717) is 11.1 Å². The highest BCUT2D eigenvalue weighted by molar-refractivity contribution is 7.92. The van der Waals surface area contributed by atoms with Crippen LogP contribution in [0.2, 0.25) is 0 Å². The summed E-state index contributed by atoms with van der Waals surface area (Å²) in [5.41, 5.74) is 14.1. The number of nitriles is 2. The van der Waals surface area contributed by atoms with E-state index in [4.69, 9.17) is 16.7 Å². The van der Waals surface area contributed by atoms with Crippen molar-refractivity contribution in [2.45, 2.75) is 17.9 Å². The lowest BCUT2D eigenvalue weighted by atomic mass is 9.94. The number of fused-ring (bicyclic) bond motifs is 1. The Balaban J connectivity index is 1.87. The van der Waals surface area contributed by atoms with Crippen molar-refractivity contribution in [2.75, 3.05) is 21.5 Å². The Labute approximate surface area is 195 Å². The molecular formula is C22H19N9O2S. The van der Waals surface area contributed by atoms with E-state index in [0.717, 1.165) is 5.56 Å². The molecule has 0 bridgehead atoms. The first kappa shape index (κ1) is 22.4. The number of anilines is 4. The third-order valence-electron chi connectivity index (χ3n) is 5.19. The third-order valence-corrected chi connectivity index (χ3v) is 6.57. The van der Waals surface area contributed by atoms with Crippen molar-refractivity contribution in [1.82, 2.24) is 10.3 Å². The topological polar surface area (TPSA) is 195 Å². The minimum absolute atomic E-state index is 0.0184. The number of aryl methyl sites for hydroxylation is 1. The number of rotatable bonds is 4. The first-order valence-corrected chi connectivity index (χ1v) is 11.4. The van der Waals surface area contributed by atoms with Crippen LogP contribution in [0.25, 0.3) is 0 Å². The highest BCUT2D eigenvalue weighted by Gasteiger charge is 2.31. The van der Waals surface area contributed by atoms with Gasteiger partial charge in [-0.2, -0.15) is 10.5 Å². The summed E-state index contributed by atoms with van der Waals surface area (Å²) in [6.07, 6.45) is 1.77. The lowest BCUT2D eigenvalue weighted by molar-refractivity contribution is 0.601. The van der Waals surface area contributed by atoms with E-state index in [1.807, 2.05) is 13.0 Å². The van der Waals surface area contributed by atoms with E-state index in [1.165, 1.54) is 12.1 Å². The Kier molecular flexibility index (Phi) is 5.67. The van der Waals surface area contributed by atoms with Crippen LogP contribution in [0.5, 0.6) is 0 Å². The summed E-state index contributed by atoms with van der Waals surface area (Å²) in [7, 11) is -3.92. The van der Waals surface area contributed by atoms with Crippen molar-refractivity contribution >= 4 is 39.0 Å². The number of nitrogens with one attached hydrogen (secondary N) is 3. The average molecular weight is 474 g/mol. The van der Waals surface area contributed by atoms with Gasteiger partial charge in [-0.3, -0.25) is 10.0 Å². The van der Waals surface area contributed by atoms with E-state index >= 15 is 0 Å². The maximum absolute atomic E-state index is 13.1. The van der Waals surface area contributed by atoms with Gasteiger partial charge in [0.05, 0.1) is 16.3 Å². The molecule has 0 aliphatic carbocycles. The molecule has 7 N–H and O–H groups in total. The first-order valence-electron chi connectivity index (χ1n) is 9.92. The molecule has 4 rings (SSSR count). The van der Waals surface area contributed by atoms with Gasteiger partial charge in [-0.1, -0.05) is 35.9 Å². The predicted octanol–water partition coefficient (Wildman–Crippen LogP) is 2.17. The number of nitrogens with zero attached hydrogens (tertiary/aromatic N) is 4. The molecule has 1 aliphatic heterocycles. The summed E-state index contributed by atoms with van der Waals surface area (Å²) in [5.74, 6) is 0.173. The number of pyridine rings is 1. The fourth-order valence-electron chi connectivity index (χ4n) is 3.56. The fourth-order valence-corrected chi connectivity index (χ4v) is 4.64. The lowest BCUT2D eigenvalue weighted by Crippen LogP contribution is -2.33. The number of guanidine groups is 1. The standard InChI is InChI=1S/C22H19N9O2S/c1-12-6-8-13(9-7-12)34(32,33)31-16-5-3-2-4-14(16)19-17-18(25)15(10-23)20(26)29-21(17)30-22(28-19)27-11-24/h2-9,19,31H,1H3,(H6,25,26,27,28,29,30). The Morgan fingerprint density at radius 3 is 2.47 bits per heavy atom. The number of sulfonamides is 1. The molecule has 0 saturated carbocycles. The molecule has 2 heterocycles. The molecule has 0 fully saturated rings. The second kappa shape index (κ2) is 8.61. The minimum atomic E-state index is -3.92. The SMILES string of the molecule is Cc1ccc(S(=O)(=O)Nc2ccccc2C2N=C(NC#N)Nc3nc(N)c(C#N)c(N)c32)cc1. The van der Waals surface area contributed by atoms with Crippen molar-refractivity contribution in [2.24, 2.45) is 4.99 Å². The normalized spacial score (nSPS) is 14.6. The quantitative estimate of drug-likeness (QED) is 0.278. The van der Waals surface area contributed by atoms with Crippen LogP contribution in [0.15, 0.2) is 58.4 Å². The lowest BCUT2D eigenvalue weighted by Gasteiger charge is -2.27. The van der Waals surface area contributed by atoms with E-state index < -0.39 is 16.1 Å². The molecule has 0 spiro atoms. The molecule has 11 nitrogen and oxygen atoms in total. The molecular weight excluding hydrogens is 454 g/mol. The van der Waals surface area contributed by atoms with Gasteiger partial charge >= 0.3 is 0 Å². The number of nitrogen functional groups attached to an aromatic ring is 2. The van der Waals surface area contributed by atoms with Gasteiger partial charge in [0.25, 0.3) is 10.0 Å². The highest BCUT2D eigenvalue weighted by atomic mass is 32.2. The molecule has 0 amide bonds. The van der Waals surface area contributed by atoms with Crippen molar-refractivity contribution in [3.63, 3.8) is 0 Å². The highest BCUT2D eigenvalue weighted by Crippen LogP contribution is 2.42. The molecule has 0 saturated heterocycles. The zero-order chi connectivity index (χ0) is 24.5. The van der Waals surface area contributed by atoms with Crippen LogP contribution in [-0.4, -0.2) is 19.4 Å². The zero-order valence-electron chi connectivity index (χ0n) is 17.9. The van der Waals surface area contributed by atoms with E-state index in [-0.39, 0.29) is 39.4 Å². The van der Waals surface area contributed by atoms with Gasteiger partial charge in [-0.25, -0.2) is 18.4 Å². The van der Waals surface area contributed by atoms with Crippen LogP contribution >= 0.6 is 0 Å². The van der Waals surface area contributed by atoms with Gasteiger partial charge in [0.1, 0.15) is 29.3 Å². The number of nitrogens with two attached hydrogens (primary N) is 2. The van der Waals surface area contributed by atoms with Gasteiger partial charge in [0.15, 0.2) is 6.19 Å². The molecule has 1 aromatic heterocycles. The summed E-state index contributed by atoms with van der Waals surface area (Å²) in [6, 6.07) is 14.1. The van der Waals surface area contributed by atoms with Gasteiger partial charge in [0, 0.05) is 11.1 Å². The number of hydrogen-bond donors (Lipinski definition) is 5. The van der Waals surface area contributed by atoms with Crippen LogP contribution in [-0.2, 0) is 10.0 Å². The van der Waals surface area contributed by atoms with Gasteiger partial charge < -0.3 is 16.8 Å². The number of aliphatic imine (C=N–C) groups is 1. The summed E-state index contributed by atoms with van der Waals surface area (Å²) < 4.78 is 28.7. The van der Waals surface area contributed by atoms with Gasteiger partial charge in [-0.15, -0.1) is 0 Å². The molecule has 1 atom stereocenters. The monoisotopic (exact) mass is 473 g/mol. The Hall–Kier alpha value is -4.81. The van der Waals surface area contributed by atoms with E-state index in [1.54, 1.807) is 42.6 Å². The van der Waals surface area contributed by atoms with Gasteiger partial charge in [-0.05, 0) is 25.1 Å². The van der Waals surface area contributed by atoms with Crippen LogP contribution in [0.4, 0.5) is 23.0 Å². The van der Waals surface area contributed by atoms with E-state index in [2.05, 4.69) is 25.3 Å². The van der Waals surface area contributed by atoms with Crippen molar-refractivity contribution in [1.29, 1.82) is 10.5 Å². The molecule has 1 unspecified atom stereocenters. The number of para-hydroxylation sites is 1. The van der Waals surface area contributed by atoms with E-state index in [9.17, 15) is 13.7 Å². The van der Waals surface area contributed by atoms with Crippen LogP contribution in [0, 0.1) is 29.7 Å². The van der Waals surface area contributed by atoms with Gasteiger partial charge in [0.2, 0.25) is 5.96 Å². The van der Waals surface area contributed by atoms with Crippen molar-refractivity contribution < 1.29 is 8.42 Å². The number of benzene rings is 2. The van der Waals surface area contributed by atoms with Crippen LogP contribution in [0.3, 0.4) is 0 Å². The van der Waals surface area contributed by atoms with Crippen LogP contribution in [0.1, 0.15) is 28.3 Å². The maximum atomic E-state index is 13.1. The maximum Gasteiger partial charge on any atom is 0.261 e. The summed E-state index contributed by atoms with van der Waals surface area (Å²) >= 11 is 0. The fraction of sp³-hybridized carbons (Fsp3) is 0.0909. The largest absolute Gasteiger partial charge is 0.397 e. The summed E-state index contributed by atoms with van der Waals surface area (Å²) in [6.45, 7) is 1.86. The Morgan fingerprint density at radius 1 is 1.09 bits per heavy atom.